The summed E-state index contributed by atoms with van der Waals surface area (Å²) in [4.78, 5) is 4.39. The summed E-state index contributed by atoms with van der Waals surface area (Å²) in [5.74, 6) is 0.707. The third-order valence-electron chi connectivity index (χ3n) is 3.84. The van der Waals surface area contributed by atoms with Crippen molar-refractivity contribution in [3.8, 4) is 5.88 Å². The molecule has 2 N–H and O–H groups in total. The number of benzene rings is 1. The van der Waals surface area contributed by atoms with Gasteiger partial charge in [0.15, 0.2) is 0 Å². The fourth-order valence-corrected chi connectivity index (χ4v) is 2.81. The van der Waals surface area contributed by atoms with Gasteiger partial charge in [-0.1, -0.05) is 0 Å². The highest BCUT2D eigenvalue weighted by Crippen LogP contribution is 2.28. The summed E-state index contributed by atoms with van der Waals surface area (Å²) in [6.45, 7) is 8.32. The molecular weight excluding hydrogens is 274 g/mol. The third-order valence-corrected chi connectivity index (χ3v) is 3.84. The summed E-state index contributed by atoms with van der Waals surface area (Å²) in [6.07, 6.45) is 4.16. The Labute approximate surface area is 132 Å². The molecule has 1 aromatic carbocycles. The van der Waals surface area contributed by atoms with E-state index in [2.05, 4.69) is 33.8 Å². The number of hydrogen-bond donors (Lipinski definition) is 2. The first-order chi connectivity index (χ1) is 10.5. The highest BCUT2D eigenvalue weighted by atomic mass is 16.5. The van der Waals surface area contributed by atoms with Gasteiger partial charge in [-0.05, 0) is 76.4 Å². The number of fused-ring (bicyclic) bond motifs is 1. The lowest BCUT2D eigenvalue weighted by atomic mass is 10.1. The number of ether oxygens (including phenoxy) is 1. The highest BCUT2D eigenvalue weighted by Gasteiger charge is 2.16. The maximum Gasteiger partial charge on any atom is 0.221 e. The molecule has 4 nitrogen and oxygen atoms in total. The molecule has 0 saturated carbocycles. The van der Waals surface area contributed by atoms with E-state index in [1.807, 2.05) is 33.0 Å². The van der Waals surface area contributed by atoms with Gasteiger partial charge in [-0.15, -0.1) is 0 Å². The third kappa shape index (κ3) is 3.69. The van der Waals surface area contributed by atoms with Gasteiger partial charge < -0.3 is 15.4 Å². The topological polar surface area (TPSA) is 46.2 Å². The first-order valence-electron chi connectivity index (χ1n) is 8.06. The summed E-state index contributed by atoms with van der Waals surface area (Å²) < 4.78 is 5.97. The minimum Gasteiger partial charge on any atom is -0.471 e. The van der Waals surface area contributed by atoms with E-state index in [0.717, 1.165) is 23.9 Å². The number of nitrogens with one attached hydrogen (secondary N) is 2. The number of nitrogens with zero attached hydrogens (tertiary/aromatic N) is 1. The standard InChI is InChI=1S/C18H25N3O/c1-18(2,3)22-17-16-5-4-15(12-13(16)6-11-20-17)21-14-7-9-19-10-8-14/h4-6,11-12,14,19,21H,7-10H2,1-3H3. The van der Waals surface area contributed by atoms with Crippen LogP contribution >= 0.6 is 0 Å². The average molecular weight is 299 g/mol. The monoisotopic (exact) mass is 299 g/mol. The van der Waals surface area contributed by atoms with Gasteiger partial charge >= 0.3 is 0 Å². The minimum atomic E-state index is -0.243. The first kappa shape index (κ1) is 15.1. The molecule has 0 bridgehead atoms. The predicted molar refractivity (Wildman–Crippen MR) is 91.6 cm³/mol. The Kier molecular flexibility index (Phi) is 4.21. The zero-order valence-corrected chi connectivity index (χ0v) is 13.6. The molecule has 0 amide bonds. The second-order valence-corrected chi connectivity index (χ2v) is 6.94. The molecule has 0 unspecified atom stereocenters. The predicted octanol–water partition coefficient (Wildman–Crippen LogP) is 3.58. The van der Waals surface area contributed by atoms with Crippen molar-refractivity contribution in [2.45, 2.75) is 45.3 Å². The Morgan fingerprint density at radius 3 is 2.68 bits per heavy atom. The van der Waals surface area contributed by atoms with Crippen LogP contribution in [0.5, 0.6) is 5.88 Å². The molecule has 3 rings (SSSR count). The lowest BCUT2D eigenvalue weighted by Crippen LogP contribution is -2.35. The molecule has 1 aliphatic heterocycles. The highest BCUT2D eigenvalue weighted by molar-refractivity contribution is 5.89. The van der Waals surface area contributed by atoms with E-state index < -0.39 is 0 Å². The van der Waals surface area contributed by atoms with Crippen LogP contribution < -0.4 is 15.4 Å². The molecule has 0 atom stereocenters. The molecular formula is C18H25N3O. The molecule has 0 aliphatic carbocycles. The fourth-order valence-electron chi connectivity index (χ4n) is 2.81. The van der Waals surface area contributed by atoms with Crippen LogP contribution in [0.2, 0.25) is 0 Å². The van der Waals surface area contributed by atoms with Crippen LogP contribution in [-0.4, -0.2) is 29.7 Å². The van der Waals surface area contributed by atoms with Gasteiger partial charge in [0.1, 0.15) is 5.60 Å². The molecule has 118 valence electrons. The van der Waals surface area contributed by atoms with E-state index >= 15 is 0 Å². The van der Waals surface area contributed by atoms with E-state index in [0.29, 0.717) is 11.9 Å². The van der Waals surface area contributed by atoms with Gasteiger partial charge in [-0.3, -0.25) is 0 Å². The molecule has 1 aliphatic rings. The first-order valence-corrected chi connectivity index (χ1v) is 8.06. The SMILES string of the molecule is CC(C)(C)Oc1nccc2cc(NC3CCNCC3)ccc12. The van der Waals surface area contributed by atoms with Crippen LogP contribution in [0.25, 0.3) is 10.8 Å². The van der Waals surface area contributed by atoms with Crippen molar-refractivity contribution in [2.75, 3.05) is 18.4 Å². The van der Waals surface area contributed by atoms with Gasteiger partial charge in [0.25, 0.3) is 0 Å². The van der Waals surface area contributed by atoms with Crippen LogP contribution in [0, 0.1) is 0 Å². The second kappa shape index (κ2) is 6.13. The van der Waals surface area contributed by atoms with E-state index in [4.69, 9.17) is 4.74 Å². The summed E-state index contributed by atoms with van der Waals surface area (Å²) in [5.41, 5.74) is 0.931. The summed E-state index contributed by atoms with van der Waals surface area (Å²) in [6, 6.07) is 9.02. The Hall–Kier alpha value is -1.81. The van der Waals surface area contributed by atoms with Crippen LogP contribution in [0.4, 0.5) is 5.69 Å². The van der Waals surface area contributed by atoms with Crippen LogP contribution in [-0.2, 0) is 0 Å². The second-order valence-electron chi connectivity index (χ2n) is 6.94. The molecule has 4 heteroatoms. The maximum atomic E-state index is 5.97. The van der Waals surface area contributed by atoms with Crippen LogP contribution in [0.1, 0.15) is 33.6 Å². The quantitative estimate of drug-likeness (QED) is 0.909. The van der Waals surface area contributed by atoms with E-state index in [9.17, 15) is 0 Å². The maximum absolute atomic E-state index is 5.97. The van der Waals surface area contributed by atoms with Gasteiger partial charge in [-0.2, -0.15) is 0 Å². The number of aromatic nitrogens is 1. The zero-order valence-electron chi connectivity index (χ0n) is 13.6. The van der Waals surface area contributed by atoms with Gasteiger partial charge in [-0.25, -0.2) is 4.98 Å². The van der Waals surface area contributed by atoms with Crippen molar-refractivity contribution in [2.24, 2.45) is 0 Å². The van der Waals surface area contributed by atoms with E-state index in [1.54, 1.807) is 0 Å². The molecule has 0 spiro atoms. The molecule has 1 aromatic heterocycles. The van der Waals surface area contributed by atoms with Crippen molar-refractivity contribution in [3.63, 3.8) is 0 Å². The molecule has 22 heavy (non-hydrogen) atoms. The Bertz CT molecular complexity index is 642. The number of piperidine rings is 1. The summed E-state index contributed by atoms with van der Waals surface area (Å²) >= 11 is 0. The number of rotatable bonds is 3. The molecule has 1 saturated heterocycles. The van der Waals surface area contributed by atoms with E-state index in [1.165, 1.54) is 18.5 Å². The Balaban J connectivity index is 1.84. The number of anilines is 1. The summed E-state index contributed by atoms with van der Waals surface area (Å²) in [7, 11) is 0. The van der Waals surface area contributed by atoms with E-state index in [-0.39, 0.29) is 5.60 Å². The molecule has 2 heterocycles. The fraction of sp³-hybridized carbons (Fsp3) is 0.500. The lowest BCUT2D eigenvalue weighted by molar-refractivity contribution is 0.126. The summed E-state index contributed by atoms with van der Waals surface area (Å²) in [5, 5.41) is 9.26. The smallest absolute Gasteiger partial charge is 0.221 e. The average Bonchev–Trinajstić information content (AvgIpc) is 2.47. The Morgan fingerprint density at radius 1 is 1.18 bits per heavy atom. The van der Waals surface area contributed by atoms with Crippen molar-refractivity contribution >= 4 is 16.5 Å². The van der Waals surface area contributed by atoms with Crippen LogP contribution in [0.15, 0.2) is 30.5 Å². The number of pyridine rings is 1. The van der Waals surface area contributed by atoms with Gasteiger partial charge in [0, 0.05) is 23.3 Å². The van der Waals surface area contributed by atoms with Gasteiger partial charge in [0.2, 0.25) is 5.88 Å². The lowest BCUT2D eigenvalue weighted by Gasteiger charge is -2.25. The molecule has 0 radical (unpaired) electrons. The Morgan fingerprint density at radius 2 is 1.95 bits per heavy atom. The normalized spacial score (nSPS) is 16.7. The van der Waals surface area contributed by atoms with Gasteiger partial charge in [0.05, 0.1) is 0 Å². The molecule has 1 fully saturated rings. The largest absolute Gasteiger partial charge is 0.471 e. The van der Waals surface area contributed by atoms with Crippen molar-refractivity contribution < 1.29 is 4.74 Å². The minimum absolute atomic E-state index is 0.243. The molecule has 2 aromatic rings. The van der Waals surface area contributed by atoms with Crippen LogP contribution in [0.3, 0.4) is 0 Å². The van der Waals surface area contributed by atoms with Crippen molar-refractivity contribution in [1.29, 1.82) is 0 Å². The van der Waals surface area contributed by atoms with Crippen molar-refractivity contribution in [1.82, 2.24) is 10.3 Å². The zero-order chi connectivity index (χ0) is 15.6. The van der Waals surface area contributed by atoms with Crippen molar-refractivity contribution in [3.05, 3.63) is 30.5 Å². The number of hydrogen-bond acceptors (Lipinski definition) is 4.